The van der Waals surface area contributed by atoms with E-state index in [9.17, 15) is 22.7 Å². The second kappa shape index (κ2) is 4.54. The molecule has 17 heavy (non-hydrogen) atoms. The minimum absolute atomic E-state index is 0.306. The van der Waals surface area contributed by atoms with Gasteiger partial charge in [0.2, 0.25) is 0 Å². The Morgan fingerprint density at radius 2 is 1.71 bits per heavy atom. The Bertz CT molecular complexity index is 631. The summed E-state index contributed by atoms with van der Waals surface area (Å²) in [6.45, 7) is 0. The van der Waals surface area contributed by atoms with Crippen LogP contribution in [-0.4, -0.2) is 5.11 Å². The van der Waals surface area contributed by atoms with Crippen molar-refractivity contribution in [2.24, 2.45) is 0 Å². The lowest BCUT2D eigenvalue weighted by molar-refractivity contribution is 0.447. The van der Waals surface area contributed by atoms with Crippen LogP contribution >= 0.6 is 0 Å². The number of rotatable bonds is 0. The van der Waals surface area contributed by atoms with Gasteiger partial charge in [0, 0.05) is 5.22 Å². The first kappa shape index (κ1) is 12.5. The van der Waals surface area contributed by atoms with Gasteiger partial charge in [-0.05, 0) is 0 Å². The maximum atomic E-state index is 13.4. The van der Waals surface area contributed by atoms with Crippen LogP contribution in [-0.2, 0) is 0 Å². The van der Waals surface area contributed by atoms with Crippen molar-refractivity contribution in [3.05, 3.63) is 27.4 Å². The molecule has 1 N–H and O–H groups in total. The minimum Gasteiger partial charge on any atom is -0.506 e. The number of aromatic hydroxyl groups is 1. The lowest BCUT2D eigenvalue weighted by Gasteiger charge is -2.02. The van der Waals surface area contributed by atoms with Gasteiger partial charge in [0.1, 0.15) is 28.7 Å². The average Bonchev–Trinajstić information content (AvgIpc) is 2.27. The molecule has 0 aliphatic carbocycles. The first-order valence-electron chi connectivity index (χ1n) is 3.99. The first-order chi connectivity index (χ1) is 7.99. The third kappa shape index (κ3) is 1.79. The second-order valence-electron chi connectivity index (χ2n) is 2.79. The van der Waals surface area contributed by atoms with Crippen molar-refractivity contribution in [1.82, 2.24) is 0 Å². The summed E-state index contributed by atoms with van der Waals surface area (Å²) in [4.78, 5) is 0. The van der Waals surface area contributed by atoms with E-state index in [0.717, 1.165) is 6.07 Å². The SMILES string of the molecule is N#Cc1c(O)c(=C(F)F)c(F)c(C#N)/c1=C/F. The van der Waals surface area contributed by atoms with Gasteiger partial charge in [0.25, 0.3) is 6.08 Å². The lowest BCUT2D eigenvalue weighted by atomic mass is 10.0. The van der Waals surface area contributed by atoms with Crippen molar-refractivity contribution in [3.63, 3.8) is 0 Å². The normalized spacial score (nSPS) is 10.8. The fourth-order valence-electron chi connectivity index (χ4n) is 1.23. The fraction of sp³-hybridized carbons (Fsp3) is 0. The molecule has 0 saturated carbocycles. The van der Waals surface area contributed by atoms with Crippen molar-refractivity contribution in [2.45, 2.75) is 0 Å². The van der Waals surface area contributed by atoms with Crippen LogP contribution in [0.3, 0.4) is 0 Å². The number of halogens is 4. The Labute approximate surface area is 91.8 Å². The van der Waals surface area contributed by atoms with Crippen molar-refractivity contribution in [2.75, 3.05) is 0 Å². The predicted molar refractivity (Wildman–Crippen MR) is 47.9 cm³/mol. The molecule has 0 fully saturated rings. The molecule has 3 nitrogen and oxygen atoms in total. The van der Waals surface area contributed by atoms with Gasteiger partial charge in [-0.15, -0.1) is 0 Å². The number of hydrogen-bond acceptors (Lipinski definition) is 3. The molecule has 86 valence electrons. The monoisotopic (exact) mass is 242 g/mol. The summed E-state index contributed by atoms with van der Waals surface area (Å²) < 4.78 is 50.5. The van der Waals surface area contributed by atoms with Crippen LogP contribution in [0.5, 0.6) is 5.75 Å². The minimum atomic E-state index is -2.61. The maximum Gasteiger partial charge on any atom is 0.284 e. The average molecular weight is 242 g/mol. The highest BCUT2D eigenvalue weighted by molar-refractivity contribution is 5.55. The highest BCUT2D eigenvalue weighted by Crippen LogP contribution is 2.13. The third-order valence-corrected chi connectivity index (χ3v) is 1.97. The van der Waals surface area contributed by atoms with Gasteiger partial charge >= 0.3 is 0 Å². The Morgan fingerprint density at radius 1 is 1.18 bits per heavy atom. The molecule has 0 bridgehead atoms. The molecule has 0 aliphatic rings. The summed E-state index contributed by atoms with van der Waals surface area (Å²) in [5.74, 6) is -3.17. The van der Waals surface area contributed by atoms with Crippen molar-refractivity contribution in [1.29, 1.82) is 10.5 Å². The molecule has 0 aromatic heterocycles. The second-order valence-corrected chi connectivity index (χ2v) is 2.79. The summed E-state index contributed by atoms with van der Waals surface area (Å²) >= 11 is 0. The summed E-state index contributed by atoms with van der Waals surface area (Å²) in [5.41, 5.74) is -1.99. The summed E-state index contributed by atoms with van der Waals surface area (Å²) in [7, 11) is 0. The standard InChI is InChI=1S/C10H2F4N2O/c11-1-4-5(2-15)8(12)7(10(13)14)9(17)6(4)3-16/h1,17H/b4-1-. The Balaban J connectivity index is 4.23. The lowest BCUT2D eigenvalue weighted by Crippen LogP contribution is -2.24. The van der Waals surface area contributed by atoms with Crippen LogP contribution in [0.25, 0.3) is 12.4 Å². The van der Waals surface area contributed by atoms with Crippen LogP contribution in [0.1, 0.15) is 11.1 Å². The van der Waals surface area contributed by atoms with Crippen LogP contribution in [0.2, 0.25) is 0 Å². The van der Waals surface area contributed by atoms with E-state index in [1.165, 1.54) is 6.07 Å². The Hall–Kier alpha value is -2.54. The molecular formula is C10H2F4N2O. The molecule has 1 aromatic rings. The highest BCUT2D eigenvalue weighted by atomic mass is 19.3. The molecule has 7 heteroatoms. The highest BCUT2D eigenvalue weighted by Gasteiger charge is 2.19. The Kier molecular flexibility index (Phi) is 3.34. The molecule has 0 unspecified atom stereocenters. The zero-order valence-corrected chi connectivity index (χ0v) is 7.93. The number of nitrogens with zero attached hydrogens (tertiary/aromatic N) is 2. The fourth-order valence-corrected chi connectivity index (χ4v) is 1.23. The molecular weight excluding hydrogens is 240 g/mol. The molecule has 0 saturated heterocycles. The van der Waals surface area contributed by atoms with Crippen molar-refractivity contribution >= 4 is 12.4 Å². The van der Waals surface area contributed by atoms with Gasteiger partial charge in [-0.2, -0.15) is 19.3 Å². The largest absolute Gasteiger partial charge is 0.506 e. The van der Waals surface area contributed by atoms with Crippen molar-refractivity contribution in [3.8, 4) is 17.9 Å². The van der Waals surface area contributed by atoms with E-state index in [-0.39, 0.29) is 6.33 Å². The molecule has 0 amide bonds. The van der Waals surface area contributed by atoms with Crippen LogP contribution in [0, 0.1) is 28.5 Å². The number of phenolic OH excluding ortho intramolecular Hbond substituents is 1. The summed E-state index contributed by atoms with van der Waals surface area (Å²) in [6, 6.07) is 2.38. The van der Waals surface area contributed by atoms with E-state index in [0.29, 0.717) is 0 Å². The molecule has 1 aromatic carbocycles. The zero-order chi connectivity index (χ0) is 13.2. The van der Waals surface area contributed by atoms with Crippen LogP contribution < -0.4 is 10.4 Å². The van der Waals surface area contributed by atoms with E-state index < -0.39 is 39.2 Å². The van der Waals surface area contributed by atoms with E-state index in [4.69, 9.17) is 10.5 Å². The number of phenols is 1. The number of benzene rings is 1. The molecule has 0 spiro atoms. The quantitative estimate of drug-likeness (QED) is 0.689. The molecule has 0 atom stereocenters. The number of nitriles is 2. The van der Waals surface area contributed by atoms with E-state index in [1.54, 1.807) is 0 Å². The first-order valence-corrected chi connectivity index (χ1v) is 3.99. The van der Waals surface area contributed by atoms with Crippen LogP contribution in [0.15, 0.2) is 0 Å². The molecule has 0 aliphatic heterocycles. The predicted octanol–water partition coefficient (Wildman–Crippen LogP) is 0.987. The van der Waals surface area contributed by atoms with Gasteiger partial charge in [-0.1, -0.05) is 0 Å². The molecule has 0 radical (unpaired) electrons. The summed E-state index contributed by atoms with van der Waals surface area (Å²) in [5, 5.41) is 23.9. The topological polar surface area (TPSA) is 67.8 Å². The van der Waals surface area contributed by atoms with E-state index in [2.05, 4.69) is 0 Å². The smallest absolute Gasteiger partial charge is 0.284 e. The molecule has 1 rings (SSSR count). The van der Waals surface area contributed by atoms with Gasteiger partial charge in [0.05, 0.1) is 11.9 Å². The van der Waals surface area contributed by atoms with Crippen molar-refractivity contribution < 1.29 is 22.7 Å². The maximum absolute atomic E-state index is 13.4. The Morgan fingerprint density at radius 3 is 2.06 bits per heavy atom. The zero-order valence-electron chi connectivity index (χ0n) is 7.93. The van der Waals surface area contributed by atoms with E-state index in [1.807, 2.05) is 0 Å². The number of hydrogen-bond donors (Lipinski definition) is 1. The third-order valence-electron chi connectivity index (χ3n) is 1.97. The van der Waals surface area contributed by atoms with Gasteiger partial charge in [-0.25, -0.2) is 8.78 Å². The van der Waals surface area contributed by atoms with Gasteiger partial charge in [-0.3, -0.25) is 0 Å². The van der Waals surface area contributed by atoms with Crippen LogP contribution in [0.4, 0.5) is 17.6 Å². The van der Waals surface area contributed by atoms with Gasteiger partial charge < -0.3 is 5.11 Å². The van der Waals surface area contributed by atoms with E-state index >= 15 is 0 Å². The van der Waals surface area contributed by atoms with Gasteiger partial charge in [0.15, 0.2) is 5.82 Å². The summed E-state index contributed by atoms with van der Waals surface area (Å²) in [6.07, 6.45) is -2.92. The molecule has 0 heterocycles.